The number of hydrogen-bond acceptors (Lipinski definition) is 6. The molecule has 1 N–H and O–H groups in total. The first-order chi connectivity index (χ1) is 16.6. The Bertz CT molecular complexity index is 1660. The Labute approximate surface area is 194 Å². The molecule has 5 aromatic rings. The third-order valence-electron chi connectivity index (χ3n) is 6.29. The Hall–Kier alpha value is -4.29. The first-order valence-electron chi connectivity index (χ1n) is 11.1. The number of hydrogen-bond donors (Lipinski definition) is 1. The monoisotopic (exact) mass is 451 g/mol. The molecule has 34 heavy (non-hydrogen) atoms. The van der Waals surface area contributed by atoms with E-state index in [2.05, 4.69) is 21.3 Å². The highest BCUT2D eigenvalue weighted by atomic mass is 16.3. The van der Waals surface area contributed by atoms with Crippen LogP contribution < -0.4 is 5.56 Å². The predicted octanol–water partition coefficient (Wildman–Crippen LogP) is 2.91. The molecule has 9 nitrogen and oxygen atoms in total. The second-order valence-electron chi connectivity index (χ2n) is 8.78. The standard InChI is InChI=1S/C25H21N7O2/c1-30-12-17-8-20(6-7-21(17)28-30)32-25(34)22(16-4-5-19(14-33)27-10-16)24-23(29-32)18(9-26)13-31(24)11-15-2-3-15/h4-8,10,12-13,15,33H,2-3,11,14H2,1H3. The molecular weight excluding hydrogens is 430 g/mol. The number of pyridine rings is 1. The smallest absolute Gasteiger partial charge is 0.281 e. The second-order valence-corrected chi connectivity index (χ2v) is 8.78. The fourth-order valence-electron chi connectivity index (χ4n) is 4.43. The van der Waals surface area contributed by atoms with E-state index in [1.165, 1.54) is 4.68 Å². The average molecular weight is 451 g/mol. The summed E-state index contributed by atoms with van der Waals surface area (Å²) in [6.07, 6.45) is 7.55. The molecule has 6 rings (SSSR count). The van der Waals surface area contributed by atoms with Crippen LogP contribution in [0.25, 0.3) is 38.8 Å². The molecule has 1 saturated carbocycles. The number of aryl methyl sites for hydroxylation is 1. The maximum Gasteiger partial charge on any atom is 0.281 e. The van der Waals surface area contributed by atoms with Crippen molar-refractivity contribution in [3.8, 4) is 22.9 Å². The Balaban J connectivity index is 1.66. The molecule has 0 aliphatic heterocycles. The molecule has 1 fully saturated rings. The van der Waals surface area contributed by atoms with Gasteiger partial charge in [-0.05, 0) is 43.0 Å². The first kappa shape index (κ1) is 20.3. The Morgan fingerprint density at radius 1 is 1.18 bits per heavy atom. The van der Waals surface area contributed by atoms with Gasteiger partial charge in [0.15, 0.2) is 0 Å². The summed E-state index contributed by atoms with van der Waals surface area (Å²) in [5, 5.41) is 29.2. The molecule has 0 radical (unpaired) electrons. The van der Waals surface area contributed by atoms with Gasteiger partial charge in [-0.1, -0.05) is 6.07 Å². The molecule has 0 spiro atoms. The van der Waals surface area contributed by atoms with Crippen LogP contribution in [0.2, 0.25) is 0 Å². The minimum Gasteiger partial charge on any atom is -0.390 e. The number of aromatic nitrogens is 6. The molecule has 9 heteroatoms. The number of aliphatic hydroxyl groups excluding tert-OH is 1. The van der Waals surface area contributed by atoms with Crippen molar-refractivity contribution < 1.29 is 5.11 Å². The van der Waals surface area contributed by atoms with Crippen molar-refractivity contribution in [3.05, 3.63) is 70.5 Å². The number of benzene rings is 1. The maximum absolute atomic E-state index is 13.9. The largest absolute Gasteiger partial charge is 0.390 e. The van der Waals surface area contributed by atoms with Crippen LogP contribution in [-0.4, -0.2) is 34.2 Å². The van der Waals surface area contributed by atoms with Gasteiger partial charge in [-0.3, -0.25) is 14.5 Å². The SMILES string of the molecule is Cn1cc2cc(-n3nc4c(C#N)cn(CC5CC5)c4c(-c4ccc(CO)nc4)c3=O)ccc2n1. The summed E-state index contributed by atoms with van der Waals surface area (Å²) in [4.78, 5) is 18.2. The molecule has 4 aromatic heterocycles. The first-order valence-corrected chi connectivity index (χ1v) is 11.1. The van der Waals surface area contributed by atoms with Crippen LogP contribution in [0, 0.1) is 17.2 Å². The van der Waals surface area contributed by atoms with Crippen molar-refractivity contribution in [1.29, 1.82) is 5.26 Å². The molecule has 0 unspecified atom stereocenters. The van der Waals surface area contributed by atoms with Gasteiger partial charge in [-0.15, -0.1) is 0 Å². The van der Waals surface area contributed by atoms with E-state index in [4.69, 9.17) is 0 Å². The van der Waals surface area contributed by atoms with E-state index in [1.54, 1.807) is 35.3 Å². The highest BCUT2D eigenvalue weighted by molar-refractivity contribution is 5.95. The minimum atomic E-state index is -0.297. The van der Waals surface area contributed by atoms with E-state index in [1.807, 2.05) is 29.9 Å². The molecule has 0 atom stereocenters. The lowest BCUT2D eigenvalue weighted by atomic mass is 10.1. The molecule has 4 heterocycles. The molecule has 1 aliphatic carbocycles. The van der Waals surface area contributed by atoms with Gasteiger partial charge in [0.2, 0.25) is 0 Å². The van der Waals surface area contributed by atoms with E-state index in [9.17, 15) is 15.2 Å². The lowest BCUT2D eigenvalue weighted by Gasteiger charge is -2.12. The Morgan fingerprint density at radius 3 is 2.74 bits per heavy atom. The summed E-state index contributed by atoms with van der Waals surface area (Å²) < 4.78 is 5.07. The summed E-state index contributed by atoms with van der Waals surface area (Å²) in [6, 6.07) is 11.3. The predicted molar refractivity (Wildman–Crippen MR) is 126 cm³/mol. The van der Waals surface area contributed by atoms with Crippen molar-refractivity contribution in [2.75, 3.05) is 0 Å². The van der Waals surface area contributed by atoms with Gasteiger partial charge < -0.3 is 9.67 Å². The number of nitrogens with zero attached hydrogens (tertiary/aromatic N) is 7. The minimum absolute atomic E-state index is 0.183. The summed E-state index contributed by atoms with van der Waals surface area (Å²) in [5.74, 6) is 0.542. The fraction of sp³-hybridized carbons (Fsp3) is 0.240. The highest BCUT2D eigenvalue weighted by Gasteiger charge is 2.26. The van der Waals surface area contributed by atoms with Crippen LogP contribution in [0.3, 0.4) is 0 Å². The van der Waals surface area contributed by atoms with Crippen LogP contribution in [0.15, 0.2) is 53.7 Å². The van der Waals surface area contributed by atoms with Gasteiger partial charge in [0.25, 0.3) is 5.56 Å². The van der Waals surface area contributed by atoms with Crippen LogP contribution in [0.5, 0.6) is 0 Å². The third kappa shape index (κ3) is 3.27. The maximum atomic E-state index is 13.9. The van der Waals surface area contributed by atoms with Crippen molar-refractivity contribution >= 4 is 21.9 Å². The Kier molecular flexibility index (Phi) is 4.57. The lowest BCUT2D eigenvalue weighted by molar-refractivity contribution is 0.277. The Morgan fingerprint density at radius 2 is 2.03 bits per heavy atom. The average Bonchev–Trinajstić information content (AvgIpc) is 3.49. The topological polar surface area (TPSA) is 115 Å². The van der Waals surface area contributed by atoms with E-state index in [0.717, 1.165) is 30.3 Å². The number of rotatable bonds is 5. The molecular formula is C25H21N7O2. The second kappa shape index (κ2) is 7.64. The molecule has 0 bridgehead atoms. The van der Waals surface area contributed by atoms with E-state index in [0.29, 0.717) is 45.0 Å². The van der Waals surface area contributed by atoms with Crippen LogP contribution in [-0.2, 0) is 20.2 Å². The van der Waals surface area contributed by atoms with Gasteiger partial charge in [0.05, 0.1) is 40.1 Å². The van der Waals surface area contributed by atoms with E-state index in [-0.39, 0.29) is 12.2 Å². The molecule has 168 valence electrons. The molecule has 1 aromatic carbocycles. The van der Waals surface area contributed by atoms with Gasteiger partial charge in [-0.2, -0.15) is 20.1 Å². The van der Waals surface area contributed by atoms with Gasteiger partial charge in [0.1, 0.15) is 11.6 Å². The summed E-state index contributed by atoms with van der Waals surface area (Å²) >= 11 is 0. The summed E-state index contributed by atoms with van der Waals surface area (Å²) in [5.41, 5.74) is 4.23. The summed E-state index contributed by atoms with van der Waals surface area (Å²) in [6.45, 7) is 0.554. The van der Waals surface area contributed by atoms with Crippen LogP contribution in [0.4, 0.5) is 0 Å². The number of fused-ring (bicyclic) bond motifs is 2. The number of aliphatic hydroxyl groups is 1. The normalized spacial score (nSPS) is 13.6. The van der Waals surface area contributed by atoms with Crippen molar-refractivity contribution in [1.82, 2.24) is 29.1 Å². The quantitative estimate of drug-likeness (QED) is 0.439. The van der Waals surface area contributed by atoms with Crippen LogP contribution >= 0.6 is 0 Å². The molecule has 0 saturated heterocycles. The van der Waals surface area contributed by atoms with Crippen LogP contribution in [0.1, 0.15) is 24.1 Å². The van der Waals surface area contributed by atoms with Gasteiger partial charge >= 0.3 is 0 Å². The highest BCUT2D eigenvalue weighted by Crippen LogP contribution is 2.35. The molecule has 0 amide bonds. The van der Waals surface area contributed by atoms with Gasteiger partial charge in [0, 0.05) is 43.1 Å². The van der Waals surface area contributed by atoms with Crippen molar-refractivity contribution in [2.24, 2.45) is 13.0 Å². The van der Waals surface area contributed by atoms with E-state index >= 15 is 0 Å². The van der Waals surface area contributed by atoms with E-state index < -0.39 is 0 Å². The van der Waals surface area contributed by atoms with Crippen molar-refractivity contribution in [2.45, 2.75) is 26.0 Å². The number of nitriles is 1. The molecule has 1 aliphatic rings. The zero-order valence-electron chi connectivity index (χ0n) is 18.5. The zero-order chi connectivity index (χ0) is 23.4. The summed E-state index contributed by atoms with van der Waals surface area (Å²) in [7, 11) is 1.85. The lowest BCUT2D eigenvalue weighted by Crippen LogP contribution is -2.24. The van der Waals surface area contributed by atoms with Crippen molar-refractivity contribution in [3.63, 3.8) is 0 Å². The van der Waals surface area contributed by atoms with Gasteiger partial charge in [-0.25, -0.2) is 0 Å². The fourth-order valence-corrected chi connectivity index (χ4v) is 4.43. The third-order valence-corrected chi connectivity index (χ3v) is 6.29. The zero-order valence-corrected chi connectivity index (χ0v) is 18.5.